The van der Waals surface area contributed by atoms with Crippen LogP contribution in [0.4, 0.5) is 0 Å². The lowest BCUT2D eigenvalue weighted by Crippen LogP contribution is -1.98. The summed E-state index contributed by atoms with van der Waals surface area (Å²) >= 11 is 0. The van der Waals surface area contributed by atoms with E-state index in [4.69, 9.17) is 0 Å². The molecule has 1 unspecified atom stereocenters. The Bertz CT molecular complexity index is 541. The van der Waals surface area contributed by atoms with Gasteiger partial charge in [0.15, 0.2) is 0 Å². The average molecular weight is 228 g/mol. The number of hydrogen-bond acceptors (Lipinski definition) is 3. The van der Waals surface area contributed by atoms with Crippen LogP contribution in [0.15, 0.2) is 44.4 Å². The topological polar surface area (TPSA) is 51.2 Å². The maximum absolute atomic E-state index is 11.8. The third-order valence-electron chi connectivity index (χ3n) is 2.02. The largest absolute Gasteiger partial charge is 0.248 e. The van der Waals surface area contributed by atoms with Gasteiger partial charge in [0.25, 0.3) is 0 Å². The first-order valence-electron chi connectivity index (χ1n) is 4.01. The van der Waals surface area contributed by atoms with Crippen molar-refractivity contribution in [1.82, 2.24) is 0 Å². The van der Waals surface area contributed by atoms with Gasteiger partial charge < -0.3 is 0 Å². The molecule has 14 heavy (non-hydrogen) atoms. The van der Waals surface area contributed by atoms with E-state index in [1.807, 2.05) is 0 Å². The molecule has 0 aliphatic carbocycles. The van der Waals surface area contributed by atoms with Crippen molar-refractivity contribution < 1.29 is 12.6 Å². The minimum absolute atomic E-state index is 0.00120. The SMILES string of the molecule is C/C=C1\S(=O)c2ccccc2S1(=O)=O. The predicted octanol–water partition coefficient (Wildman–Crippen LogP) is 1.44. The zero-order valence-electron chi connectivity index (χ0n) is 7.43. The van der Waals surface area contributed by atoms with E-state index in [0.717, 1.165) is 0 Å². The Morgan fingerprint density at radius 3 is 2.50 bits per heavy atom. The van der Waals surface area contributed by atoms with Crippen LogP contribution in [-0.4, -0.2) is 12.6 Å². The maximum Gasteiger partial charge on any atom is 0.216 e. The molecule has 1 aliphatic heterocycles. The van der Waals surface area contributed by atoms with Gasteiger partial charge in [-0.2, -0.15) is 0 Å². The molecule has 2 rings (SSSR count). The minimum Gasteiger partial charge on any atom is -0.248 e. The summed E-state index contributed by atoms with van der Waals surface area (Å²) in [7, 11) is -5.02. The lowest BCUT2D eigenvalue weighted by molar-refractivity contribution is 0.603. The van der Waals surface area contributed by atoms with E-state index in [2.05, 4.69) is 0 Å². The van der Waals surface area contributed by atoms with Crippen molar-refractivity contribution >= 4 is 20.6 Å². The van der Waals surface area contributed by atoms with Crippen LogP contribution in [0, 0.1) is 0 Å². The smallest absolute Gasteiger partial charge is 0.216 e. The van der Waals surface area contributed by atoms with E-state index in [1.54, 1.807) is 25.1 Å². The van der Waals surface area contributed by atoms with E-state index in [1.165, 1.54) is 12.1 Å². The highest BCUT2D eigenvalue weighted by Crippen LogP contribution is 2.37. The Morgan fingerprint density at radius 1 is 1.29 bits per heavy atom. The molecular weight excluding hydrogens is 220 g/mol. The standard InChI is InChI=1S/C9H8O3S2/c1-2-9-13(10)7-5-3-4-6-8(7)14(9,11)12/h2-6H,1H3/b9-2+. The molecule has 0 amide bonds. The highest BCUT2D eigenvalue weighted by molar-refractivity contribution is 8.14. The molecule has 1 aliphatic rings. The van der Waals surface area contributed by atoms with Gasteiger partial charge in [-0.25, -0.2) is 12.6 Å². The van der Waals surface area contributed by atoms with E-state index in [9.17, 15) is 12.6 Å². The second kappa shape index (κ2) is 3.03. The molecule has 1 aromatic carbocycles. The molecule has 0 radical (unpaired) electrons. The van der Waals surface area contributed by atoms with Crippen molar-refractivity contribution in [3.8, 4) is 0 Å². The molecule has 0 N–H and O–H groups in total. The summed E-state index contributed by atoms with van der Waals surface area (Å²) < 4.78 is 35.2. The molecular formula is C9H8O3S2. The van der Waals surface area contributed by atoms with E-state index < -0.39 is 20.6 Å². The zero-order valence-corrected chi connectivity index (χ0v) is 9.06. The molecule has 3 nitrogen and oxygen atoms in total. The predicted molar refractivity (Wildman–Crippen MR) is 53.8 cm³/mol. The first-order valence-corrected chi connectivity index (χ1v) is 6.64. The summed E-state index contributed by atoms with van der Waals surface area (Å²) in [6, 6.07) is 6.38. The van der Waals surface area contributed by atoms with Crippen LogP contribution in [0.5, 0.6) is 0 Å². The third-order valence-corrected chi connectivity index (χ3v) is 6.32. The molecule has 1 aromatic rings. The van der Waals surface area contributed by atoms with Gasteiger partial charge in [-0.15, -0.1) is 0 Å². The van der Waals surface area contributed by atoms with Crippen LogP contribution < -0.4 is 0 Å². The number of sulfone groups is 1. The quantitative estimate of drug-likeness (QED) is 0.675. The first kappa shape index (κ1) is 9.61. The van der Waals surface area contributed by atoms with Crippen LogP contribution in [0.2, 0.25) is 0 Å². The first-order chi connectivity index (χ1) is 6.59. The van der Waals surface area contributed by atoms with Gasteiger partial charge in [-0.3, -0.25) is 0 Å². The molecule has 5 heteroatoms. The second-order valence-corrected chi connectivity index (χ2v) is 6.39. The molecule has 0 saturated heterocycles. The van der Waals surface area contributed by atoms with E-state index in [-0.39, 0.29) is 9.13 Å². The molecule has 74 valence electrons. The molecule has 0 bridgehead atoms. The average Bonchev–Trinajstić information content (AvgIpc) is 2.36. The summed E-state index contributed by atoms with van der Waals surface area (Å²) in [4.78, 5) is 0.562. The summed E-state index contributed by atoms with van der Waals surface area (Å²) in [6.45, 7) is 1.58. The normalized spacial score (nSPS) is 26.4. The Labute approximate surface area is 84.8 Å². The van der Waals surface area contributed by atoms with Gasteiger partial charge in [0.1, 0.15) is 4.24 Å². The lowest BCUT2D eigenvalue weighted by atomic mass is 10.4. The Balaban J connectivity index is 2.88. The van der Waals surface area contributed by atoms with Crippen molar-refractivity contribution in [2.45, 2.75) is 16.7 Å². The monoisotopic (exact) mass is 228 g/mol. The highest BCUT2D eigenvalue weighted by Gasteiger charge is 2.37. The van der Waals surface area contributed by atoms with Gasteiger partial charge in [0.05, 0.1) is 20.6 Å². The van der Waals surface area contributed by atoms with Crippen LogP contribution in [0.3, 0.4) is 0 Å². The van der Waals surface area contributed by atoms with E-state index in [0.29, 0.717) is 4.90 Å². The number of benzene rings is 1. The number of hydrogen-bond donors (Lipinski definition) is 0. The Hall–Kier alpha value is -0.940. The summed E-state index contributed by atoms with van der Waals surface area (Å²) in [6.07, 6.45) is 1.39. The lowest BCUT2D eigenvalue weighted by Gasteiger charge is -1.93. The molecule has 1 heterocycles. The molecule has 0 saturated carbocycles. The molecule has 0 fully saturated rings. The van der Waals surface area contributed by atoms with Crippen molar-refractivity contribution in [1.29, 1.82) is 0 Å². The number of allylic oxidation sites excluding steroid dienone is 1. The second-order valence-electron chi connectivity index (χ2n) is 2.83. The molecule has 1 atom stereocenters. The Kier molecular flexibility index (Phi) is 2.08. The summed E-state index contributed by atoms with van der Waals surface area (Å²) in [5.74, 6) is 0. The van der Waals surface area contributed by atoms with Crippen LogP contribution in [-0.2, 0) is 20.6 Å². The minimum atomic E-state index is -3.48. The fraction of sp³-hybridized carbons (Fsp3) is 0.111. The van der Waals surface area contributed by atoms with Crippen molar-refractivity contribution in [3.63, 3.8) is 0 Å². The zero-order chi connectivity index (χ0) is 10.3. The van der Waals surface area contributed by atoms with Gasteiger partial charge >= 0.3 is 0 Å². The molecule has 0 spiro atoms. The number of fused-ring (bicyclic) bond motifs is 1. The Morgan fingerprint density at radius 2 is 1.93 bits per heavy atom. The van der Waals surface area contributed by atoms with Gasteiger partial charge in [-0.05, 0) is 19.1 Å². The van der Waals surface area contributed by atoms with Crippen LogP contribution in [0.1, 0.15) is 6.92 Å². The van der Waals surface area contributed by atoms with Crippen molar-refractivity contribution in [2.24, 2.45) is 0 Å². The van der Waals surface area contributed by atoms with Gasteiger partial charge in [-0.1, -0.05) is 18.2 Å². The highest BCUT2D eigenvalue weighted by atomic mass is 32.3. The fourth-order valence-corrected chi connectivity index (χ4v) is 5.30. The maximum atomic E-state index is 11.8. The summed E-state index contributed by atoms with van der Waals surface area (Å²) in [5.41, 5.74) is 0. The van der Waals surface area contributed by atoms with Gasteiger partial charge in [0.2, 0.25) is 9.84 Å². The fourth-order valence-electron chi connectivity index (χ4n) is 1.40. The van der Waals surface area contributed by atoms with Gasteiger partial charge in [0, 0.05) is 0 Å². The van der Waals surface area contributed by atoms with Crippen LogP contribution >= 0.6 is 0 Å². The molecule has 0 aromatic heterocycles. The van der Waals surface area contributed by atoms with Crippen molar-refractivity contribution in [2.75, 3.05) is 0 Å². The number of rotatable bonds is 0. The summed E-state index contributed by atoms with van der Waals surface area (Å²) in [5, 5.41) is 0. The van der Waals surface area contributed by atoms with E-state index >= 15 is 0 Å². The van der Waals surface area contributed by atoms with Crippen LogP contribution in [0.25, 0.3) is 0 Å². The third kappa shape index (κ3) is 1.09. The van der Waals surface area contributed by atoms with Crippen molar-refractivity contribution in [3.05, 3.63) is 34.6 Å².